The molecule has 0 bridgehead atoms. The van der Waals surface area contributed by atoms with Crippen LogP contribution in [-0.2, 0) is 9.84 Å². The van der Waals surface area contributed by atoms with Crippen LogP contribution in [0.2, 0.25) is 0 Å². The minimum Gasteiger partial charge on any atom is -0.370 e. The number of alkyl halides is 3. The Morgan fingerprint density at radius 3 is 2.00 bits per heavy atom. The minimum atomic E-state index is -4.88. The summed E-state index contributed by atoms with van der Waals surface area (Å²) in [5.74, 6) is 3.91. The number of halogens is 3. The molecule has 0 aliphatic rings. The van der Waals surface area contributed by atoms with E-state index in [4.69, 9.17) is 0 Å². The Balaban J connectivity index is 2.30. The molecule has 0 aliphatic heterocycles. The molecule has 126 valence electrons. The molecule has 0 saturated heterocycles. The molecule has 1 heterocycles. The van der Waals surface area contributed by atoms with Gasteiger partial charge in [-0.25, -0.2) is 8.42 Å². The fourth-order valence-corrected chi connectivity index (χ4v) is 2.88. The van der Waals surface area contributed by atoms with E-state index in [1.807, 2.05) is 0 Å². The second kappa shape index (κ2) is 6.26. The first-order chi connectivity index (χ1) is 11.0. The van der Waals surface area contributed by atoms with Crippen molar-refractivity contribution in [2.24, 2.45) is 0 Å². The molecule has 1 N–H and O–H groups in total. The third-order valence-corrected chi connectivity index (χ3v) is 4.91. The van der Waals surface area contributed by atoms with Crippen molar-refractivity contribution in [1.29, 1.82) is 0 Å². The van der Waals surface area contributed by atoms with Gasteiger partial charge in [-0.15, -0.1) is 0 Å². The van der Waals surface area contributed by atoms with Crippen molar-refractivity contribution < 1.29 is 26.7 Å². The first kappa shape index (κ1) is 18.0. The van der Waals surface area contributed by atoms with Crippen LogP contribution >= 0.6 is 0 Å². The van der Waals surface area contributed by atoms with Crippen molar-refractivity contribution in [2.45, 2.75) is 28.5 Å². The lowest BCUT2D eigenvalue weighted by Crippen LogP contribution is -2.40. The van der Waals surface area contributed by atoms with Gasteiger partial charge in [0.05, 0.1) is 9.79 Å². The molecule has 1 atom stereocenters. The van der Waals surface area contributed by atoms with E-state index >= 15 is 0 Å². The van der Waals surface area contributed by atoms with E-state index in [-0.39, 0.29) is 15.4 Å². The second-order valence-electron chi connectivity index (χ2n) is 5.03. The van der Waals surface area contributed by atoms with Gasteiger partial charge in [0.25, 0.3) is 0 Å². The molecule has 0 aliphatic carbocycles. The van der Waals surface area contributed by atoms with Gasteiger partial charge in [-0.2, -0.15) is 13.2 Å². The maximum atomic E-state index is 12.5. The quantitative estimate of drug-likeness (QED) is 0.841. The van der Waals surface area contributed by atoms with E-state index in [1.54, 1.807) is 5.92 Å². The topological polar surface area (TPSA) is 67.3 Å². The van der Waals surface area contributed by atoms with Crippen LogP contribution in [0.15, 0.2) is 58.6 Å². The number of rotatable bonds is 2. The molecule has 0 radical (unpaired) electrons. The molecular formula is C16H12F3NO3S. The third-order valence-electron chi connectivity index (χ3n) is 3.13. The van der Waals surface area contributed by atoms with Gasteiger partial charge in [0.1, 0.15) is 0 Å². The highest BCUT2D eigenvalue weighted by Gasteiger charge is 2.48. The molecule has 0 amide bonds. The predicted molar refractivity (Wildman–Crippen MR) is 79.7 cm³/mol. The Labute approximate surface area is 136 Å². The van der Waals surface area contributed by atoms with Gasteiger partial charge in [0.15, 0.2) is 0 Å². The molecule has 8 heteroatoms. The molecule has 1 aromatic heterocycles. The Morgan fingerprint density at radius 2 is 1.50 bits per heavy atom. The van der Waals surface area contributed by atoms with Crippen molar-refractivity contribution in [3.05, 3.63) is 54.4 Å². The molecule has 2 rings (SSSR count). The zero-order valence-electron chi connectivity index (χ0n) is 12.4. The lowest BCUT2D eigenvalue weighted by atomic mass is 10.1. The normalized spacial score (nSPS) is 14.4. The van der Waals surface area contributed by atoms with Crippen molar-refractivity contribution in [3.63, 3.8) is 0 Å². The summed E-state index contributed by atoms with van der Waals surface area (Å²) in [7, 11) is -3.74. The Morgan fingerprint density at radius 1 is 1.00 bits per heavy atom. The molecule has 1 aromatic carbocycles. The maximum absolute atomic E-state index is 12.5. The molecule has 24 heavy (non-hydrogen) atoms. The summed E-state index contributed by atoms with van der Waals surface area (Å²) in [5, 5.41) is 9.24. The summed E-state index contributed by atoms with van der Waals surface area (Å²) >= 11 is 0. The SMILES string of the molecule is CC(O)(C#Cc1ccc(S(=O)(=O)c2ccncc2)cc1)C(F)(F)F. The zero-order chi connectivity index (χ0) is 18.0. The molecule has 0 fully saturated rings. The number of hydrogen-bond acceptors (Lipinski definition) is 4. The van der Waals surface area contributed by atoms with Crippen LogP contribution in [0, 0.1) is 11.8 Å². The van der Waals surface area contributed by atoms with Crippen LogP contribution in [-0.4, -0.2) is 30.3 Å². The number of aromatic nitrogens is 1. The Kier molecular flexibility index (Phi) is 4.69. The average Bonchev–Trinajstić information content (AvgIpc) is 2.53. The van der Waals surface area contributed by atoms with Crippen molar-refractivity contribution >= 4 is 9.84 Å². The fraction of sp³-hybridized carbons (Fsp3) is 0.188. The Hall–Kier alpha value is -2.37. The molecule has 0 spiro atoms. The summed E-state index contributed by atoms with van der Waals surface area (Å²) < 4.78 is 62.2. The van der Waals surface area contributed by atoms with Crippen molar-refractivity contribution in [2.75, 3.05) is 0 Å². The zero-order valence-corrected chi connectivity index (χ0v) is 13.2. The van der Waals surface area contributed by atoms with E-state index in [9.17, 15) is 26.7 Å². The lowest BCUT2D eigenvalue weighted by Gasteiger charge is -2.19. The highest BCUT2D eigenvalue weighted by atomic mass is 32.2. The van der Waals surface area contributed by atoms with Gasteiger partial charge < -0.3 is 5.11 Å². The smallest absolute Gasteiger partial charge is 0.370 e. The first-order valence-corrected chi connectivity index (χ1v) is 8.10. The summed E-state index contributed by atoms with van der Waals surface area (Å²) in [6, 6.07) is 7.69. The number of benzene rings is 1. The maximum Gasteiger partial charge on any atom is 0.428 e. The first-order valence-electron chi connectivity index (χ1n) is 6.61. The number of sulfone groups is 1. The van der Waals surface area contributed by atoms with Crippen LogP contribution in [0.4, 0.5) is 13.2 Å². The largest absolute Gasteiger partial charge is 0.428 e. The summed E-state index contributed by atoms with van der Waals surface area (Å²) in [6.45, 7) is 0.544. The van der Waals surface area contributed by atoms with E-state index in [1.165, 1.54) is 48.8 Å². The van der Waals surface area contributed by atoms with Gasteiger partial charge in [0, 0.05) is 18.0 Å². The summed E-state index contributed by atoms with van der Waals surface area (Å²) in [5.41, 5.74) is -3.00. The fourth-order valence-electron chi connectivity index (χ4n) is 1.64. The average molecular weight is 355 g/mol. The molecular weight excluding hydrogens is 343 g/mol. The number of hydrogen-bond donors (Lipinski definition) is 1. The van der Waals surface area contributed by atoms with Gasteiger partial charge in [0.2, 0.25) is 15.4 Å². The van der Waals surface area contributed by atoms with Gasteiger partial charge >= 0.3 is 6.18 Å². The van der Waals surface area contributed by atoms with Crippen molar-refractivity contribution in [1.82, 2.24) is 4.98 Å². The van der Waals surface area contributed by atoms with Crippen LogP contribution in [0.3, 0.4) is 0 Å². The monoisotopic (exact) mass is 355 g/mol. The number of aliphatic hydroxyl groups is 1. The highest BCUT2D eigenvalue weighted by molar-refractivity contribution is 7.91. The molecule has 1 unspecified atom stereocenters. The van der Waals surface area contributed by atoms with Crippen molar-refractivity contribution in [3.8, 4) is 11.8 Å². The van der Waals surface area contributed by atoms with Crippen LogP contribution in [0.25, 0.3) is 0 Å². The van der Waals surface area contributed by atoms with E-state index in [2.05, 4.69) is 10.9 Å². The van der Waals surface area contributed by atoms with Crippen LogP contribution < -0.4 is 0 Å². The Bertz CT molecular complexity index is 878. The standard InChI is InChI=1S/C16H12F3NO3S/c1-15(21,16(17,18)19)9-6-12-2-4-13(5-3-12)24(22,23)14-7-10-20-11-8-14/h2-5,7-8,10-11,21H,1H3. The number of pyridine rings is 1. The van der Waals surface area contributed by atoms with E-state index in [0.717, 1.165) is 0 Å². The van der Waals surface area contributed by atoms with Crippen LogP contribution in [0.5, 0.6) is 0 Å². The van der Waals surface area contributed by atoms with Crippen LogP contribution in [0.1, 0.15) is 12.5 Å². The van der Waals surface area contributed by atoms with Gasteiger partial charge in [-0.05, 0) is 43.3 Å². The molecule has 4 nitrogen and oxygen atoms in total. The molecule has 0 saturated carbocycles. The highest BCUT2D eigenvalue weighted by Crippen LogP contribution is 2.29. The third kappa shape index (κ3) is 3.75. The summed E-state index contributed by atoms with van der Waals surface area (Å²) in [4.78, 5) is 3.76. The van der Waals surface area contributed by atoms with Gasteiger partial charge in [-0.3, -0.25) is 4.98 Å². The minimum absolute atomic E-state index is 0.0261. The van der Waals surface area contributed by atoms with E-state index in [0.29, 0.717) is 6.92 Å². The second-order valence-corrected chi connectivity index (χ2v) is 6.98. The van der Waals surface area contributed by atoms with E-state index < -0.39 is 21.6 Å². The lowest BCUT2D eigenvalue weighted by molar-refractivity contribution is -0.228. The number of nitrogens with zero attached hydrogens (tertiary/aromatic N) is 1. The molecule has 2 aromatic rings. The predicted octanol–water partition coefficient (Wildman–Crippen LogP) is 2.58. The van der Waals surface area contributed by atoms with Gasteiger partial charge in [-0.1, -0.05) is 11.8 Å². The summed E-state index contributed by atoms with van der Waals surface area (Å²) in [6.07, 6.45) is -2.21.